The summed E-state index contributed by atoms with van der Waals surface area (Å²) < 4.78 is 37.1. The van der Waals surface area contributed by atoms with Crippen molar-refractivity contribution in [3.8, 4) is 0 Å². The highest BCUT2D eigenvalue weighted by Gasteiger charge is 2.14. The van der Waals surface area contributed by atoms with Gasteiger partial charge in [-0.2, -0.15) is 9.49 Å². The average molecular weight is 362 g/mol. The number of rotatable bonds is 7. The molecule has 0 saturated heterocycles. The van der Waals surface area contributed by atoms with Crippen molar-refractivity contribution in [1.29, 1.82) is 5.41 Å². The zero-order valence-corrected chi connectivity index (χ0v) is 14.0. The Balaban J connectivity index is 2.57. The fourth-order valence-corrected chi connectivity index (χ4v) is 2.42. The molecule has 0 bridgehead atoms. The van der Waals surface area contributed by atoms with E-state index in [4.69, 9.17) is 5.41 Å². The van der Waals surface area contributed by atoms with E-state index in [1.807, 2.05) is 0 Å². The van der Waals surface area contributed by atoms with E-state index >= 15 is 0 Å². The van der Waals surface area contributed by atoms with E-state index in [2.05, 4.69) is 32.1 Å². The molecule has 0 radical (unpaired) electrons. The lowest BCUT2D eigenvalue weighted by Gasteiger charge is -2.09. The number of allylic oxidation sites excluding steroid dienone is 1. The zero-order chi connectivity index (χ0) is 18.4. The van der Waals surface area contributed by atoms with Crippen molar-refractivity contribution in [3.05, 3.63) is 53.3 Å². The number of hydrogen-bond donors (Lipinski definition) is 3. The SMILES string of the molecule is C=CC(F)=N/C(=C/c1ccnc(Nc2ccn[nH]2)c1C=N)S(C)(=O)=O. The third-order valence-corrected chi connectivity index (χ3v) is 3.94. The first-order valence-electron chi connectivity index (χ1n) is 6.89. The number of nitrogens with one attached hydrogen (secondary N) is 3. The van der Waals surface area contributed by atoms with Gasteiger partial charge in [0.05, 0.1) is 6.20 Å². The zero-order valence-electron chi connectivity index (χ0n) is 13.2. The maximum atomic E-state index is 13.4. The Labute approximate surface area is 143 Å². The third kappa shape index (κ3) is 4.67. The number of hydrogen-bond acceptors (Lipinski definition) is 7. The largest absolute Gasteiger partial charge is 0.325 e. The molecule has 0 unspecified atom stereocenters. The van der Waals surface area contributed by atoms with Gasteiger partial charge in [-0.25, -0.2) is 18.4 Å². The van der Waals surface area contributed by atoms with E-state index in [0.29, 0.717) is 22.8 Å². The molecule has 3 N–H and O–H groups in total. The molecule has 0 aliphatic carbocycles. The number of anilines is 2. The lowest BCUT2D eigenvalue weighted by Crippen LogP contribution is -2.03. The van der Waals surface area contributed by atoms with Gasteiger partial charge < -0.3 is 10.7 Å². The Kier molecular flexibility index (Phi) is 5.55. The molecule has 0 aliphatic heterocycles. The van der Waals surface area contributed by atoms with Crippen LogP contribution in [0, 0.1) is 5.41 Å². The number of H-pyrrole nitrogens is 1. The van der Waals surface area contributed by atoms with Gasteiger partial charge in [0.1, 0.15) is 11.6 Å². The summed E-state index contributed by atoms with van der Waals surface area (Å²) in [4.78, 5) is 7.53. The highest BCUT2D eigenvalue weighted by Crippen LogP contribution is 2.22. The molecule has 0 fully saturated rings. The van der Waals surface area contributed by atoms with Crippen LogP contribution < -0.4 is 5.32 Å². The van der Waals surface area contributed by atoms with Crippen LogP contribution in [0.1, 0.15) is 11.1 Å². The molecule has 0 aliphatic rings. The number of pyridine rings is 1. The van der Waals surface area contributed by atoms with E-state index in [0.717, 1.165) is 18.5 Å². The van der Waals surface area contributed by atoms with Gasteiger partial charge in [-0.3, -0.25) is 5.10 Å². The number of aliphatic imine (C=N–C) groups is 1. The minimum Gasteiger partial charge on any atom is -0.325 e. The minimum atomic E-state index is -3.80. The summed E-state index contributed by atoms with van der Waals surface area (Å²) in [6.45, 7) is 3.20. The monoisotopic (exact) mass is 362 g/mol. The highest BCUT2D eigenvalue weighted by atomic mass is 32.2. The Bertz CT molecular complexity index is 948. The second-order valence-electron chi connectivity index (χ2n) is 4.80. The lowest BCUT2D eigenvalue weighted by molar-refractivity contribution is 0.607. The summed E-state index contributed by atoms with van der Waals surface area (Å²) in [6, 6.07) is 3.15. The summed E-state index contributed by atoms with van der Waals surface area (Å²) in [5, 5.41) is 16.5. The van der Waals surface area contributed by atoms with Gasteiger partial charge in [0.2, 0.25) is 5.97 Å². The molecular weight excluding hydrogens is 347 g/mol. The van der Waals surface area contributed by atoms with Gasteiger partial charge in [0.25, 0.3) is 0 Å². The predicted octanol–water partition coefficient (Wildman–Crippen LogP) is 2.44. The molecule has 2 heterocycles. The van der Waals surface area contributed by atoms with Crippen molar-refractivity contribution in [2.75, 3.05) is 11.6 Å². The summed E-state index contributed by atoms with van der Waals surface area (Å²) >= 11 is 0. The molecule has 2 aromatic rings. The maximum absolute atomic E-state index is 13.4. The van der Waals surface area contributed by atoms with Gasteiger partial charge in [0, 0.05) is 30.3 Å². The van der Waals surface area contributed by atoms with Crippen molar-refractivity contribution in [1.82, 2.24) is 15.2 Å². The fraction of sp³-hybridized carbons (Fsp3) is 0.0667. The summed E-state index contributed by atoms with van der Waals surface area (Å²) in [7, 11) is -3.80. The quantitative estimate of drug-likeness (QED) is 0.653. The molecule has 0 aromatic carbocycles. The maximum Gasteiger partial charge on any atom is 0.213 e. The van der Waals surface area contributed by atoms with E-state index in [1.165, 1.54) is 24.5 Å². The fourth-order valence-electron chi connectivity index (χ4n) is 1.82. The highest BCUT2D eigenvalue weighted by molar-refractivity contribution is 7.94. The van der Waals surface area contributed by atoms with E-state index in [1.54, 1.807) is 6.07 Å². The first kappa shape index (κ1) is 18.2. The summed E-state index contributed by atoms with van der Waals surface area (Å²) in [6.07, 6.45) is 6.83. The van der Waals surface area contributed by atoms with Gasteiger partial charge in [-0.05, 0) is 23.8 Å². The molecule has 0 amide bonds. The number of nitrogens with zero attached hydrogens (tertiary/aromatic N) is 3. The molecule has 130 valence electrons. The van der Waals surface area contributed by atoms with Crippen molar-refractivity contribution in [2.45, 2.75) is 0 Å². The summed E-state index contributed by atoms with van der Waals surface area (Å²) in [5.74, 6) is -0.192. The smallest absolute Gasteiger partial charge is 0.213 e. The van der Waals surface area contributed by atoms with E-state index < -0.39 is 20.8 Å². The predicted molar refractivity (Wildman–Crippen MR) is 95.6 cm³/mol. The Morgan fingerprint density at radius 1 is 1.44 bits per heavy atom. The van der Waals surface area contributed by atoms with Gasteiger partial charge in [0.15, 0.2) is 14.9 Å². The molecule has 8 nitrogen and oxygen atoms in total. The normalized spacial score (nSPS) is 12.7. The molecule has 2 rings (SSSR count). The Hall–Kier alpha value is -3.14. The van der Waals surface area contributed by atoms with Crippen LogP contribution in [0.5, 0.6) is 0 Å². The van der Waals surface area contributed by atoms with Crippen LogP contribution in [0.25, 0.3) is 6.08 Å². The second-order valence-corrected chi connectivity index (χ2v) is 6.76. The lowest BCUT2D eigenvalue weighted by atomic mass is 10.1. The van der Waals surface area contributed by atoms with Crippen LogP contribution >= 0.6 is 0 Å². The van der Waals surface area contributed by atoms with Crippen molar-refractivity contribution < 1.29 is 12.8 Å². The number of halogens is 1. The topological polar surface area (TPSA) is 124 Å². The van der Waals surface area contributed by atoms with Crippen LogP contribution in [0.2, 0.25) is 0 Å². The molecule has 0 spiro atoms. The van der Waals surface area contributed by atoms with Gasteiger partial charge in [-0.15, -0.1) is 0 Å². The molecule has 2 aromatic heterocycles. The van der Waals surface area contributed by atoms with Crippen molar-refractivity contribution >= 4 is 39.7 Å². The van der Waals surface area contributed by atoms with Gasteiger partial charge >= 0.3 is 0 Å². The average Bonchev–Trinajstić information content (AvgIpc) is 3.06. The number of aromatic nitrogens is 3. The number of sulfone groups is 1. The third-order valence-electron chi connectivity index (χ3n) is 2.97. The van der Waals surface area contributed by atoms with Crippen LogP contribution in [0.15, 0.2) is 47.2 Å². The molecule has 10 heteroatoms. The molecule has 0 saturated carbocycles. The van der Waals surface area contributed by atoms with E-state index in [-0.39, 0.29) is 0 Å². The Morgan fingerprint density at radius 2 is 2.20 bits per heavy atom. The van der Waals surface area contributed by atoms with Crippen molar-refractivity contribution in [2.24, 2.45) is 4.99 Å². The number of aromatic amines is 1. The van der Waals surface area contributed by atoms with Crippen LogP contribution in [-0.4, -0.2) is 42.0 Å². The van der Waals surface area contributed by atoms with Crippen LogP contribution in [-0.2, 0) is 9.84 Å². The van der Waals surface area contributed by atoms with Crippen LogP contribution in [0.4, 0.5) is 16.0 Å². The first-order chi connectivity index (χ1) is 11.8. The standard InChI is InChI=1S/C15H15FN6O2S/c1-3-12(16)20-14(25(2,23)24)8-10-4-6-18-15(11(10)9-17)21-13-5-7-19-22-13/h3-9,17H,1H2,2H3,(H2,18,19,21,22)/b14-8-,17-9?,20-12?. The van der Waals surface area contributed by atoms with Crippen molar-refractivity contribution in [3.63, 3.8) is 0 Å². The first-order valence-corrected chi connectivity index (χ1v) is 8.78. The second kappa shape index (κ2) is 7.62. The Morgan fingerprint density at radius 3 is 2.76 bits per heavy atom. The molecular formula is C15H15FN6O2S. The summed E-state index contributed by atoms with van der Waals surface area (Å²) in [5.41, 5.74) is 0.625. The molecule has 25 heavy (non-hydrogen) atoms. The van der Waals surface area contributed by atoms with E-state index in [9.17, 15) is 12.8 Å². The minimum absolute atomic E-state index is 0.299. The molecule has 0 atom stereocenters. The van der Waals surface area contributed by atoms with Gasteiger partial charge in [-0.1, -0.05) is 6.58 Å². The van der Waals surface area contributed by atoms with Crippen LogP contribution in [0.3, 0.4) is 0 Å².